The van der Waals surface area contributed by atoms with Gasteiger partial charge < -0.3 is 9.42 Å². The normalized spacial score (nSPS) is 20.1. The van der Waals surface area contributed by atoms with Crippen molar-refractivity contribution in [3.63, 3.8) is 0 Å². The van der Waals surface area contributed by atoms with Gasteiger partial charge in [-0.1, -0.05) is 23.4 Å². The third kappa shape index (κ3) is 3.87. The zero-order valence-corrected chi connectivity index (χ0v) is 16.7. The van der Waals surface area contributed by atoms with E-state index < -0.39 is 11.7 Å². The molecule has 1 aliphatic carbocycles. The highest BCUT2D eigenvalue weighted by atomic mass is 19.4. The Hall–Kier alpha value is -2.64. The average Bonchev–Trinajstić information content (AvgIpc) is 3.16. The number of carbonyl (C=O) groups is 2. The highest BCUT2D eigenvalue weighted by Gasteiger charge is 2.37. The Morgan fingerprint density at radius 1 is 1.13 bits per heavy atom. The summed E-state index contributed by atoms with van der Waals surface area (Å²) in [6, 6.07) is 5.66. The molecule has 30 heavy (non-hydrogen) atoms. The number of alkyl halides is 3. The molecular formula is C22H23F3N2O3. The molecule has 2 aliphatic rings. The number of fused-ring (bicyclic) bond motifs is 1. The van der Waals surface area contributed by atoms with E-state index in [1.165, 1.54) is 12.1 Å². The summed E-state index contributed by atoms with van der Waals surface area (Å²) in [6.45, 7) is 2.26. The van der Waals surface area contributed by atoms with E-state index >= 15 is 0 Å². The third-order valence-electron chi connectivity index (χ3n) is 6.31. The molecule has 0 bridgehead atoms. The van der Waals surface area contributed by atoms with Gasteiger partial charge in [-0.05, 0) is 50.2 Å². The topological polar surface area (TPSA) is 63.4 Å². The molecule has 0 radical (unpaired) electrons. The molecule has 0 N–H and O–H groups in total. The molecule has 1 fully saturated rings. The molecule has 0 spiro atoms. The second-order valence-corrected chi connectivity index (χ2v) is 8.13. The summed E-state index contributed by atoms with van der Waals surface area (Å²) in [7, 11) is 0. The minimum Gasteiger partial charge on any atom is -0.360 e. The zero-order chi connectivity index (χ0) is 21.5. The molecule has 2 aromatic rings. The Kier molecular flexibility index (Phi) is 5.42. The number of halogens is 3. The van der Waals surface area contributed by atoms with Gasteiger partial charge in [-0.25, -0.2) is 0 Å². The van der Waals surface area contributed by atoms with Gasteiger partial charge in [-0.2, -0.15) is 13.2 Å². The number of rotatable bonds is 3. The van der Waals surface area contributed by atoms with Crippen molar-refractivity contribution in [3.8, 4) is 0 Å². The van der Waals surface area contributed by atoms with Crippen LogP contribution in [0.1, 0.15) is 65.0 Å². The fourth-order valence-electron chi connectivity index (χ4n) is 4.57. The Balaban J connectivity index is 1.47. The maximum Gasteiger partial charge on any atom is 0.416 e. The maximum absolute atomic E-state index is 13.3. The lowest BCUT2D eigenvalue weighted by molar-refractivity contribution is -0.138. The first kappa shape index (κ1) is 20.6. The summed E-state index contributed by atoms with van der Waals surface area (Å²) in [5, 5.41) is 3.96. The lowest BCUT2D eigenvalue weighted by Crippen LogP contribution is -2.39. The molecule has 8 heteroatoms. The van der Waals surface area contributed by atoms with Gasteiger partial charge in [0, 0.05) is 31.0 Å². The Morgan fingerprint density at radius 3 is 2.50 bits per heavy atom. The van der Waals surface area contributed by atoms with E-state index in [1.807, 2.05) is 0 Å². The number of Topliss-reactive ketones (excluding diaryl/α,β-unsaturated/α-hetero) is 1. The summed E-state index contributed by atoms with van der Waals surface area (Å²) in [4.78, 5) is 26.4. The molecule has 0 saturated carbocycles. The lowest BCUT2D eigenvalue weighted by Gasteiger charge is -2.33. The number of hydrogen-bond acceptors (Lipinski definition) is 4. The van der Waals surface area contributed by atoms with E-state index in [-0.39, 0.29) is 29.2 Å². The molecule has 5 nitrogen and oxygen atoms in total. The van der Waals surface area contributed by atoms with Crippen molar-refractivity contribution >= 4 is 11.7 Å². The zero-order valence-electron chi connectivity index (χ0n) is 16.7. The number of carbonyl (C=O) groups excluding carboxylic acids is 2. The quantitative estimate of drug-likeness (QED) is 0.738. The van der Waals surface area contributed by atoms with E-state index in [2.05, 4.69) is 5.16 Å². The first-order valence-electron chi connectivity index (χ1n) is 10.2. The van der Waals surface area contributed by atoms with Gasteiger partial charge in [0.2, 0.25) is 0 Å². The number of aromatic nitrogens is 1. The Morgan fingerprint density at radius 2 is 1.83 bits per heavy atom. The van der Waals surface area contributed by atoms with Gasteiger partial charge in [-0.15, -0.1) is 0 Å². The van der Waals surface area contributed by atoms with Gasteiger partial charge in [-0.3, -0.25) is 9.59 Å². The molecule has 1 aliphatic heterocycles. The number of hydrogen-bond donors (Lipinski definition) is 0. The van der Waals surface area contributed by atoms with E-state index in [9.17, 15) is 22.8 Å². The van der Waals surface area contributed by atoms with Crippen LogP contribution in [-0.4, -0.2) is 34.8 Å². The second kappa shape index (κ2) is 7.89. The number of nitrogens with zero attached hydrogens (tertiary/aromatic N) is 2. The molecule has 1 aromatic carbocycles. The fourth-order valence-corrected chi connectivity index (χ4v) is 4.57. The third-order valence-corrected chi connectivity index (χ3v) is 6.31. The molecule has 4 rings (SSSR count). The smallest absolute Gasteiger partial charge is 0.360 e. The van der Waals surface area contributed by atoms with Crippen LogP contribution in [0.25, 0.3) is 0 Å². The first-order chi connectivity index (χ1) is 14.3. The monoisotopic (exact) mass is 420 g/mol. The van der Waals surface area contributed by atoms with Crippen LogP contribution in [-0.2, 0) is 23.8 Å². The summed E-state index contributed by atoms with van der Waals surface area (Å²) in [5.41, 5.74) is 0.636. The largest absolute Gasteiger partial charge is 0.416 e. The van der Waals surface area contributed by atoms with Crippen LogP contribution >= 0.6 is 0 Å². The van der Waals surface area contributed by atoms with Crippen LogP contribution in [0.3, 0.4) is 0 Å². The maximum atomic E-state index is 13.3. The number of piperidine rings is 1. The van der Waals surface area contributed by atoms with Gasteiger partial charge in [0.25, 0.3) is 5.91 Å². The van der Waals surface area contributed by atoms with Crippen LogP contribution in [0, 0.1) is 5.92 Å². The highest BCUT2D eigenvalue weighted by Crippen LogP contribution is 2.39. The number of benzene rings is 1. The van der Waals surface area contributed by atoms with Crippen molar-refractivity contribution in [1.82, 2.24) is 10.1 Å². The first-order valence-corrected chi connectivity index (χ1v) is 10.2. The van der Waals surface area contributed by atoms with Crippen molar-refractivity contribution < 1.29 is 27.3 Å². The van der Waals surface area contributed by atoms with Gasteiger partial charge in [0.15, 0.2) is 5.69 Å². The fraction of sp³-hybridized carbons (Fsp3) is 0.500. The predicted molar refractivity (Wildman–Crippen MR) is 102 cm³/mol. The lowest BCUT2D eigenvalue weighted by atomic mass is 9.84. The summed E-state index contributed by atoms with van der Waals surface area (Å²) in [5.74, 6) is 0.0919. The van der Waals surface area contributed by atoms with E-state index in [0.29, 0.717) is 62.1 Å². The van der Waals surface area contributed by atoms with Crippen molar-refractivity contribution in [2.45, 2.75) is 51.1 Å². The van der Waals surface area contributed by atoms with Crippen molar-refractivity contribution in [1.29, 1.82) is 0 Å². The van der Waals surface area contributed by atoms with Crippen LogP contribution in [0.15, 0.2) is 28.8 Å². The molecule has 1 unspecified atom stereocenters. The number of likely N-dealkylation sites (tertiary alicyclic amines) is 1. The van der Waals surface area contributed by atoms with Crippen molar-refractivity contribution in [3.05, 3.63) is 52.4 Å². The van der Waals surface area contributed by atoms with Gasteiger partial charge in [0.1, 0.15) is 11.5 Å². The Labute approximate surface area is 172 Å². The molecule has 1 saturated heterocycles. The standard InChI is InChI=1S/C22H23F3N2O3/c1-13(28)15-6-7-19-17(12-15)20(26-30-19)21(29)27-10-8-14(9-11-27)16-4-2-3-5-18(16)22(23,24)25/h2-5,14-15H,6-12H2,1H3. The number of ketones is 1. The predicted octanol–water partition coefficient (Wildman–Crippen LogP) is 4.41. The molecule has 1 amide bonds. The molecule has 160 valence electrons. The molecule has 2 heterocycles. The molecule has 1 atom stereocenters. The molecular weight excluding hydrogens is 397 g/mol. The molecule has 1 aromatic heterocycles. The van der Waals surface area contributed by atoms with E-state index in [4.69, 9.17) is 4.52 Å². The minimum absolute atomic E-state index is 0.0874. The van der Waals surface area contributed by atoms with Crippen molar-refractivity contribution in [2.75, 3.05) is 13.1 Å². The summed E-state index contributed by atoms with van der Waals surface area (Å²) >= 11 is 0. The minimum atomic E-state index is -4.39. The van der Waals surface area contributed by atoms with Crippen molar-refractivity contribution in [2.24, 2.45) is 5.92 Å². The van der Waals surface area contributed by atoms with Gasteiger partial charge >= 0.3 is 6.18 Å². The number of aryl methyl sites for hydroxylation is 1. The van der Waals surface area contributed by atoms with Crippen LogP contribution in [0.5, 0.6) is 0 Å². The number of amides is 1. The SMILES string of the molecule is CC(=O)C1CCc2onc(C(=O)N3CCC(c4ccccc4C(F)(F)F)CC3)c2C1. The Bertz CT molecular complexity index is 959. The van der Waals surface area contributed by atoms with Crippen LogP contribution in [0.2, 0.25) is 0 Å². The summed E-state index contributed by atoms with van der Waals surface area (Å²) < 4.78 is 45.3. The van der Waals surface area contributed by atoms with Crippen LogP contribution < -0.4 is 0 Å². The average molecular weight is 420 g/mol. The highest BCUT2D eigenvalue weighted by molar-refractivity contribution is 5.94. The van der Waals surface area contributed by atoms with E-state index in [0.717, 1.165) is 6.07 Å². The van der Waals surface area contributed by atoms with Crippen LogP contribution in [0.4, 0.5) is 13.2 Å². The van der Waals surface area contributed by atoms with E-state index in [1.54, 1.807) is 17.9 Å². The summed E-state index contributed by atoms with van der Waals surface area (Å²) in [6.07, 6.45) is -1.77. The second-order valence-electron chi connectivity index (χ2n) is 8.13. The van der Waals surface area contributed by atoms with Gasteiger partial charge in [0.05, 0.1) is 5.56 Å².